The number of halogens is 1. The first-order chi connectivity index (χ1) is 10.1. The maximum absolute atomic E-state index is 11.1. The smallest absolute Gasteiger partial charge is 0.323 e. The number of carboxylic acid groups (broad SMARTS) is 1. The fraction of sp³-hybridized carbons (Fsp3) is 0.125. The second kappa shape index (κ2) is 5.69. The van der Waals surface area contributed by atoms with E-state index in [0.717, 1.165) is 26.9 Å². The number of hydrogen-bond acceptors (Lipinski definition) is 2. The molecule has 106 valence electrons. The van der Waals surface area contributed by atoms with E-state index in [1.807, 2.05) is 48.5 Å². The molecule has 3 rings (SSSR count). The molecule has 0 aliphatic heterocycles. The van der Waals surface area contributed by atoms with Crippen LogP contribution in [0.4, 0.5) is 0 Å². The highest BCUT2D eigenvalue weighted by molar-refractivity contribution is 9.10. The number of benzene rings is 2. The molecule has 0 fully saturated rings. The Bertz CT molecular complexity index is 811. The third-order valence-electron chi connectivity index (χ3n) is 3.28. The first-order valence-electron chi connectivity index (χ1n) is 6.54. The van der Waals surface area contributed by atoms with Crippen molar-refractivity contribution in [2.24, 2.45) is 0 Å². The number of aromatic nitrogens is 2. The fourth-order valence-electron chi connectivity index (χ4n) is 2.40. The summed E-state index contributed by atoms with van der Waals surface area (Å²) in [6.45, 7) is -0.0795. The summed E-state index contributed by atoms with van der Waals surface area (Å²) in [6.07, 6.45) is 0.599. The fourth-order valence-corrected chi connectivity index (χ4v) is 2.85. The quantitative estimate of drug-likeness (QED) is 0.788. The van der Waals surface area contributed by atoms with Gasteiger partial charge in [-0.1, -0.05) is 40.2 Å². The van der Waals surface area contributed by atoms with Crippen molar-refractivity contribution in [1.29, 1.82) is 0 Å². The lowest BCUT2D eigenvalue weighted by atomic mass is 10.1. The summed E-state index contributed by atoms with van der Waals surface area (Å²) in [5, 5.41) is 9.12. The Morgan fingerprint density at radius 1 is 1.19 bits per heavy atom. The molecule has 0 saturated carbocycles. The summed E-state index contributed by atoms with van der Waals surface area (Å²) >= 11 is 3.45. The minimum absolute atomic E-state index is 0.0795. The van der Waals surface area contributed by atoms with Crippen LogP contribution in [-0.2, 0) is 17.8 Å². The molecule has 4 nitrogen and oxygen atoms in total. The van der Waals surface area contributed by atoms with E-state index >= 15 is 0 Å². The van der Waals surface area contributed by atoms with Crippen molar-refractivity contribution in [2.75, 3.05) is 0 Å². The number of hydrogen-bond donors (Lipinski definition) is 1. The number of rotatable bonds is 4. The van der Waals surface area contributed by atoms with Gasteiger partial charge in [-0.3, -0.25) is 4.79 Å². The summed E-state index contributed by atoms with van der Waals surface area (Å²) in [5.41, 5.74) is 2.76. The van der Waals surface area contributed by atoms with E-state index in [4.69, 9.17) is 5.11 Å². The van der Waals surface area contributed by atoms with Crippen molar-refractivity contribution < 1.29 is 9.90 Å². The van der Waals surface area contributed by atoms with Crippen LogP contribution in [0.5, 0.6) is 0 Å². The van der Waals surface area contributed by atoms with Gasteiger partial charge in [0.1, 0.15) is 12.4 Å². The van der Waals surface area contributed by atoms with Crippen LogP contribution < -0.4 is 0 Å². The molecule has 1 heterocycles. The number of fused-ring (bicyclic) bond motifs is 1. The maximum atomic E-state index is 11.1. The Hall–Kier alpha value is -2.14. The molecule has 0 unspecified atom stereocenters. The Morgan fingerprint density at radius 2 is 2.00 bits per heavy atom. The molecule has 0 bridgehead atoms. The molecular weight excluding hydrogens is 332 g/mol. The molecule has 1 N–H and O–H groups in total. The van der Waals surface area contributed by atoms with Gasteiger partial charge < -0.3 is 9.67 Å². The van der Waals surface area contributed by atoms with Crippen LogP contribution in [-0.4, -0.2) is 20.6 Å². The molecule has 0 radical (unpaired) electrons. The molecule has 0 aliphatic rings. The predicted octanol–water partition coefficient (Wildman–Crippen LogP) is 3.47. The number of aliphatic carboxylic acids is 1. The Balaban J connectivity index is 2.06. The first-order valence-corrected chi connectivity index (χ1v) is 7.33. The minimum Gasteiger partial charge on any atom is -0.480 e. The molecule has 0 atom stereocenters. The maximum Gasteiger partial charge on any atom is 0.323 e. The van der Waals surface area contributed by atoms with Gasteiger partial charge in [0.05, 0.1) is 11.0 Å². The number of carbonyl (C=O) groups is 1. The second-order valence-electron chi connectivity index (χ2n) is 4.80. The zero-order valence-electron chi connectivity index (χ0n) is 11.2. The van der Waals surface area contributed by atoms with Gasteiger partial charge in [-0.25, -0.2) is 4.98 Å². The van der Waals surface area contributed by atoms with Gasteiger partial charge >= 0.3 is 5.97 Å². The molecule has 0 spiro atoms. The minimum atomic E-state index is -0.867. The average Bonchev–Trinajstić information content (AvgIpc) is 2.76. The molecule has 0 amide bonds. The van der Waals surface area contributed by atoms with Crippen LogP contribution >= 0.6 is 15.9 Å². The largest absolute Gasteiger partial charge is 0.480 e. The van der Waals surface area contributed by atoms with Crippen LogP contribution in [0.25, 0.3) is 11.0 Å². The summed E-state index contributed by atoms with van der Waals surface area (Å²) in [7, 11) is 0. The molecule has 21 heavy (non-hydrogen) atoms. The summed E-state index contributed by atoms with van der Waals surface area (Å²) in [4.78, 5) is 15.7. The number of carboxylic acids is 1. The highest BCUT2D eigenvalue weighted by Crippen LogP contribution is 2.20. The van der Waals surface area contributed by atoms with E-state index in [-0.39, 0.29) is 6.54 Å². The van der Waals surface area contributed by atoms with E-state index in [9.17, 15) is 4.79 Å². The lowest BCUT2D eigenvalue weighted by Crippen LogP contribution is -2.12. The molecule has 5 heteroatoms. The Morgan fingerprint density at radius 3 is 2.76 bits per heavy atom. The van der Waals surface area contributed by atoms with Crippen LogP contribution in [0.15, 0.2) is 53.0 Å². The van der Waals surface area contributed by atoms with Gasteiger partial charge in [0.2, 0.25) is 0 Å². The van der Waals surface area contributed by atoms with Gasteiger partial charge in [-0.2, -0.15) is 0 Å². The molecule has 2 aromatic carbocycles. The lowest BCUT2D eigenvalue weighted by Gasteiger charge is -2.07. The molecular formula is C16H13BrN2O2. The van der Waals surface area contributed by atoms with Gasteiger partial charge in [-0.05, 0) is 29.8 Å². The number of para-hydroxylation sites is 2. The second-order valence-corrected chi connectivity index (χ2v) is 5.72. The van der Waals surface area contributed by atoms with Crippen molar-refractivity contribution in [3.8, 4) is 0 Å². The van der Waals surface area contributed by atoms with Crippen LogP contribution in [0.1, 0.15) is 11.4 Å². The number of imidazole rings is 1. The van der Waals surface area contributed by atoms with Crippen molar-refractivity contribution in [3.63, 3.8) is 0 Å². The third kappa shape index (κ3) is 2.97. The monoisotopic (exact) mass is 344 g/mol. The lowest BCUT2D eigenvalue weighted by molar-refractivity contribution is -0.137. The normalized spacial score (nSPS) is 10.9. The Labute approximate surface area is 130 Å². The number of nitrogens with zero attached hydrogens (tertiary/aromatic N) is 2. The van der Waals surface area contributed by atoms with Gasteiger partial charge in [-0.15, -0.1) is 0 Å². The van der Waals surface area contributed by atoms with Crippen molar-refractivity contribution in [2.45, 2.75) is 13.0 Å². The van der Waals surface area contributed by atoms with Crippen LogP contribution in [0.2, 0.25) is 0 Å². The topological polar surface area (TPSA) is 55.1 Å². The molecule has 0 aliphatic carbocycles. The van der Waals surface area contributed by atoms with Crippen LogP contribution in [0.3, 0.4) is 0 Å². The van der Waals surface area contributed by atoms with E-state index in [0.29, 0.717) is 6.42 Å². The SMILES string of the molecule is O=C(O)Cn1c(Cc2cccc(Br)c2)nc2ccccc21. The summed E-state index contributed by atoms with van der Waals surface area (Å²) in [5.74, 6) is -0.106. The van der Waals surface area contributed by atoms with Gasteiger partial charge in [0.15, 0.2) is 0 Å². The van der Waals surface area contributed by atoms with Crippen molar-refractivity contribution in [1.82, 2.24) is 9.55 Å². The summed E-state index contributed by atoms with van der Waals surface area (Å²) in [6, 6.07) is 15.6. The molecule has 0 saturated heterocycles. The summed E-state index contributed by atoms with van der Waals surface area (Å²) < 4.78 is 2.76. The molecule has 1 aromatic heterocycles. The van der Waals surface area contributed by atoms with Gasteiger partial charge in [0.25, 0.3) is 0 Å². The highest BCUT2D eigenvalue weighted by Gasteiger charge is 2.13. The third-order valence-corrected chi connectivity index (χ3v) is 3.77. The first kappa shape index (κ1) is 13.8. The standard InChI is InChI=1S/C16H13BrN2O2/c17-12-5-3-4-11(8-12)9-15-18-13-6-1-2-7-14(13)19(15)10-16(20)21/h1-8H,9-10H2,(H,20,21). The van der Waals surface area contributed by atoms with E-state index < -0.39 is 5.97 Å². The zero-order valence-corrected chi connectivity index (χ0v) is 12.7. The highest BCUT2D eigenvalue weighted by atomic mass is 79.9. The Kier molecular flexibility index (Phi) is 3.75. The van der Waals surface area contributed by atoms with E-state index in [1.54, 1.807) is 4.57 Å². The van der Waals surface area contributed by atoms with Gasteiger partial charge in [0, 0.05) is 10.9 Å². The van der Waals surface area contributed by atoms with Crippen molar-refractivity contribution in [3.05, 3.63) is 64.4 Å². The van der Waals surface area contributed by atoms with Crippen molar-refractivity contribution >= 4 is 32.9 Å². The molecule has 3 aromatic rings. The van der Waals surface area contributed by atoms with E-state index in [2.05, 4.69) is 20.9 Å². The van der Waals surface area contributed by atoms with Crippen LogP contribution in [0, 0.1) is 0 Å². The predicted molar refractivity (Wildman–Crippen MR) is 84.3 cm³/mol. The average molecular weight is 345 g/mol. The zero-order chi connectivity index (χ0) is 14.8. The van der Waals surface area contributed by atoms with E-state index in [1.165, 1.54) is 0 Å².